The Kier molecular flexibility index (Phi) is 8.55. The summed E-state index contributed by atoms with van der Waals surface area (Å²) in [5, 5.41) is 6.78. The van der Waals surface area contributed by atoms with Crippen molar-refractivity contribution in [1.29, 1.82) is 0 Å². The SMILES string of the molecule is Cc1ccc(OCCN(C)C)cc1C(=O)N[C@H](C)c1cc(-c2cc[nH]c(=O)c2)cc(-c2cnn(C(F)F)c2)c1. The minimum Gasteiger partial charge on any atom is -0.492 e. The highest BCUT2D eigenvalue weighted by Crippen LogP contribution is 2.31. The Morgan fingerprint density at radius 3 is 2.49 bits per heavy atom. The Labute approximate surface area is 225 Å². The Morgan fingerprint density at radius 2 is 1.82 bits per heavy atom. The minimum atomic E-state index is -2.77. The lowest BCUT2D eigenvalue weighted by molar-refractivity contribution is 0.0566. The average molecular weight is 536 g/mol. The van der Waals surface area contributed by atoms with E-state index in [0.29, 0.717) is 44.9 Å². The van der Waals surface area contributed by atoms with Gasteiger partial charge in [-0.2, -0.15) is 13.9 Å². The summed E-state index contributed by atoms with van der Waals surface area (Å²) in [5.74, 6) is 0.335. The lowest BCUT2D eigenvalue weighted by atomic mass is 9.95. The van der Waals surface area contributed by atoms with E-state index in [0.717, 1.165) is 17.7 Å². The van der Waals surface area contributed by atoms with E-state index in [9.17, 15) is 18.4 Å². The number of carbonyl (C=O) groups excluding carboxylic acids is 1. The third-order valence-corrected chi connectivity index (χ3v) is 6.31. The first-order valence-electron chi connectivity index (χ1n) is 12.5. The van der Waals surface area contributed by atoms with Gasteiger partial charge >= 0.3 is 6.55 Å². The van der Waals surface area contributed by atoms with Gasteiger partial charge in [-0.15, -0.1) is 0 Å². The van der Waals surface area contributed by atoms with E-state index < -0.39 is 12.6 Å². The molecule has 2 aromatic carbocycles. The average Bonchev–Trinajstić information content (AvgIpc) is 3.40. The molecule has 1 amide bonds. The molecule has 204 valence electrons. The Bertz CT molecular complexity index is 1510. The number of aromatic amines is 1. The van der Waals surface area contributed by atoms with Crippen molar-refractivity contribution in [3.05, 3.63) is 94.2 Å². The number of hydrogen-bond acceptors (Lipinski definition) is 5. The quantitative estimate of drug-likeness (QED) is 0.297. The zero-order chi connectivity index (χ0) is 28.1. The third-order valence-electron chi connectivity index (χ3n) is 6.31. The van der Waals surface area contributed by atoms with E-state index in [4.69, 9.17) is 4.74 Å². The van der Waals surface area contributed by atoms with Crippen LogP contribution in [0, 0.1) is 6.92 Å². The van der Waals surface area contributed by atoms with Crippen LogP contribution in [0.1, 0.15) is 41.0 Å². The zero-order valence-electron chi connectivity index (χ0n) is 22.2. The Morgan fingerprint density at radius 1 is 1.08 bits per heavy atom. The maximum Gasteiger partial charge on any atom is 0.333 e. The molecule has 0 unspecified atom stereocenters. The van der Waals surface area contributed by atoms with Gasteiger partial charge in [-0.05, 0) is 92.2 Å². The van der Waals surface area contributed by atoms with E-state index >= 15 is 0 Å². The van der Waals surface area contributed by atoms with Crippen LogP contribution in [0.4, 0.5) is 8.78 Å². The second kappa shape index (κ2) is 12.0. The fraction of sp³-hybridized carbons (Fsp3) is 0.276. The van der Waals surface area contributed by atoms with Gasteiger partial charge in [0.1, 0.15) is 12.4 Å². The topological polar surface area (TPSA) is 92.2 Å². The van der Waals surface area contributed by atoms with Crippen LogP contribution in [-0.4, -0.2) is 52.8 Å². The molecule has 1 atom stereocenters. The first kappa shape index (κ1) is 27.7. The van der Waals surface area contributed by atoms with Gasteiger partial charge in [0.15, 0.2) is 0 Å². The number of halogens is 2. The van der Waals surface area contributed by atoms with E-state index in [-0.39, 0.29) is 11.5 Å². The first-order chi connectivity index (χ1) is 18.6. The fourth-order valence-electron chi connectivity index (χ4n) is 4.09. The number of benzene rings is 2. The molecular weight excluding hydrogens is 504 g/mol. The number of aryl methyl sites for hydroxylation is 1. The van der Waals surface area contributed by atoms with E-state index in [1.165, 1.54) is 18.5 Å². The number of nitrogens with one attached hydrogen (secondary N) is 2. The van der Waals surface area contributed by atoms with Crippen molar-refractivity contribution in [3.63, 3.8) is 0 Å². The van der Waals surface area contributed by atoms with Crippen LogP contribution in [0.2, 0.25) is 0 Å². The summed E-state index contributed by atoms with van der Waals surface area (Å²) in [5.41, 5.74) is 4.23. The molecule has 4 aromatic rings. The number of rotatable bonds is 10. The molecule has 0 saturated heterocycles. The number of likely N-dealkylation sites (N-methyl/N-ethyl adjacent to an activating group) is 1. The molecule has 8 nitrogen and oxygen atoms in total. The van der Waals surface area contributed by atoms with Crippen LogP contribution in [-0.2, 0) is 0 Å². The van der Waals surface area contributed by atoms with Crippen LogP contribution in [0.15, 0.2) is 71.9 Å². The minimum absolute atomic E-state index is 0.269. The van der Waals surface area contributed by atoms with Crippen molar-refractivity contribution in [2.24, 2.45) is 0 Å². The van der Waals surface area contributed by atoms with Gasteiger partial charge in [-0.1, -0.05) is 6.07 Å². The smallest absolute Gasteiger partial charge is 0.333 e. The summed E-state index contributed by atoms with van der Waals surface area (Å²) in [4.78, 5) is 29.9. The number of amides is 1. The number of alkyl halides is 2. The molecule has 0 radical (unpaired) electrons. The maximum atomic E-state index is 13.3. The molecule has 2 N–H and O–H groups in total. The van der Waals surface area contributed by atoms with Crippen molar-refractivity contribution in [1.82, 2.24) is 25.0 Å². The van der Waals surface area contributed by atoms with E-state index in [1.54, 1.807) is 24.4 Å². The van der Waals surface area contributed by atoms with Crippen LogP contribution >= 0.6 is 0 Å². The van der Waals surface area contributed by atoms with Gasteiger partial charge in [0.25, 0.3) is 5.91 Å². The summed E-state index contributed by atoms with van der Waals surface area (Å²) in [6, 6.07) is 13.7. The monoisotopic (exact) mass is 535 g/mol. The van der Waals surface area contributed by atoms with Gasteiger partial charge in [0.05, 0.1) is 12.2 Å². The summed E-state index contributed by atoms with van der Waals surface area (Å²) >= 11 is 0. The van der Waals surface area contributed by atoms with Gasteiger partial charge in [0.2, 0.25) is 5.56 Å². The molecular formula is C29H31F2N5O3. The van der Waals surface area contributed by atoms with E-state index in [2.05, 4.69) is 15.4 Å². The highest BCUT2D eigenvalue weighted by Gasteiger charge is 2.18. The molecule has 2 aromatic heterocycles. The van der Waals surface area contributed by atoms with Crippen molar-refractivity contribution in [2.75, 3.05) is 27.2 Å². The van der Waals surface area contributed by atoms with Crippen molar-refractivity contribution < 1.29 is 18.3 Å². The van der Waals surface area contributed by atoms with Gasteiger partial charge in [-0.25, -0.2) is 4.68 Å². The third kappa shape index (κ3) is 6.97. The first-order valence-corrected chi connectivity index (χ1v) is 12.5. The molecule has 0 spiro atoms. The highest BCUT2D eigenvalue weighted by molar-refractivity contribution is 5.96. The second-order valence-electron chi connectivity index (χ2n) is 9.60. The normalized spacial score (nSPS) is 12.1. The molecule has 0 aliphatic heterocycles. The number of nitrogens with zero attached hydrogens (tertiary/aromatic N) is 3. The zero-order valence-corrected chi connectivity index (χ0v) is 22.2. The molecule has 39 heavy (non-hydrogen) atoms. The molecule has 0 bridgehead atoms. The van der Waals surface area contributed by atoms with Crippen LogP contribution in [0.3, 0.4) is 0 Å². The summed E-state index contributed by atoms with van der Waals surface area (Å²) in [7, 11) is 3.92. The van der Waals surface area contributed by atoms with Gasteiger partial charge in [-0.3, -0.25) is 9.59 Å². The lowest BCUT2D eigenvalue weighted by Gasteiger charge is -2.18. The van der Waals surface area contributed by atoms with Crippen molar-refractivity contribution in [3.8, 4) is 28.0 Å². The standard InChI is InChI=1S/C29H31F2N5O3/c1-18-5-6-25(39-10-9-35(3)4)15-26(18)28(38)34-19(2)21-11-22(20-7-8-32-27(37)14-20)13-23(12-21)24-16-33-36(17-24)29(30)31/h5-8,11-17,19,29H,9-10H2,1-4H3,(H,32,37)(H,34,38)/t19-/m1/s1. The molecule has 10 heteroatoms. The molecule has 0 fully saturated rings. The highest BCUT2D eigenvalue weighted by atomic mass is 19.3. The number of ether oxygens (including phenoxy) is 1. The molecule has 0 aliphatic carbocycles. The number of hydrogen-bond donors (Lipinski definition) is 2. The van der Waals surface area contributed by atoms with E-state index in [1.807, 2.05) is 57.1 Å². The predicted octanol–water partition coefficient (Wildman–Crippen LogP) is 5.04. The van der Waals surface area contributed by atoms with Crippen molar-refractivity contribution >= 4 is 5.91 Å². The number of H-pyrrole nitrogens is 1. The number of carbonyl (C=O) groups is 1. The van der Waals surface area contributed by atoms with Crippen LogP contribution < -0.4 is 15.6 Å². The number of pyridine rings is 1. The van der Waals surface area contributed by atoms with Crippen LogP contribution in [0.25, 0.3) is 22.3 Å². The molecule has 0 aliphatic rings. The second-order valence-corrected chi connectivity index (χ2v) is 9.60. The van der Waals surface area contributed by atoms with Crippen molar-refractivity contribution in [2.45, 2.75) is 26.4 Å². The largest absolute Gasteiger partial charge is 0.492 e. The number of aromatic nitrogens is 3. The Balaban J connectivity index is 1.64. The summed E-state index contributed by atoms with van der Waals surface area (Å²) < 4.78 is 32.7. The fourth-order valence-corrected chi connectivity index (χ4v) is 4.09. The maximum absolute atomic E-state index is 13.3. The lowest BCUT2D eigenvalue weighted by Crippen LogP contribution is -2.27. The molecule has 4 rings (SSSR count). The predicted molar refractivity (Wildman–Crippen MR) is 146 cm³/mol. The van der Waals surface area contributed by atoms with Gasteiger partial charge < -0.3 is 19.9 Å². The summed E-state index contributed by atoms with van der Waals surface area (Å²) in [6.45, 7) is 2.17. The molecule has 2 heterocycles. The summed E-state index contributed by atoms with van der Waals surface area (Å²) in [6.07, 6.45) is 4.17. The van der Waals surface area contributed by atoms with Crippen LogP contribution in [0.5, 0.6) is 5.75 Å². The molecule has 0 saturated carbocycles. The Hall–Kier alpha value is -4.31. The van der Waals surface area contributed by atoms with Gasteiger partial charge in [0, 0.05) is 36.1 Å².